The van der Waals surface area contributed by atoms with E-state index in [4.69, 9.17) is 9.84 Å². The predicted molar refractivity (Wildman–Crippen MR) is 126 cm³/mol. The molecule has 0 amide bonds. The first-order valence-electron chi connectivity index (χ1n) is 12.3. The zero-order chi connectivity index (χ0) is 22.3. The van der Waals surface area contributed by atoms with Crippen molar-refractivity contribution >= 4 is 11.9 Å². The van der Waals surface area contributed by atoms with Gasteiger partial charge in [-0.2, -0.15) is 0 Å². The SMILES string of the molecule is CCC/C=C\CCCCCCCC(=O)OC(/C=C\CCC)CCCCCCC(=O)O. The van der Waals surface area contributed by atoms with E-state index in [1.165, 1.54) is 38.5 Å². The number of ether oxygens (including phenoxy) is 1. The van der Waals surface area contributed by atoms with E-state index in [9.17, 15) is 9.59 Å². The van der Waals surface area contributed by atoms with E-state index < -0.39 is 5.97 Å². The maximum atomic E-state index is 12.2. The fourth-order valence-electron chi connectivity index (χ4n) is 3.28. The van der Waals surface area contributed by atoms with Crippen LogP contribution in [-0.4, -0.2) is 23.1 Å². The topological polar surface area (TPSA) is 63.6 Å². The minimum atomic E-state index is -0.729. The van der Waals surface area contributed by atoms with Crippen LogP contribution in [0.5, 0.6) is 0 Å². The van der Waals surface area contributed by atoms with Crippen LogP contribution in [-0.2, 0) is 14.3 Å². The summed E-state index contributed by atoms with van der Waals surface area (Å²) in [6, 6.07) is 0. The quantitative estimate of drug-likeness (QED) is 0.117. The molecule has 0 heterocycles. The molecule has 0 aromatic rings. The lowest BCUT2D eigenvalue weighted by atomic mass is 10.1. The van der Waals surface area contributed by atoms with Crippen LogP contribution in [0.1, 0.15) is 123 Å². The van der Waals surface area contributed by atoms with Gasteiger partial charge in [0.05, 0.1) is 0 Å². The van der Waals surface area contributed by atoms with Crippen LogP contribution in [0, 0.1) is 0 Å². The summed E-state index contributed by atoms with van der Waals surface area (Å²) in [4.78, 5) is 22.7. The van der Waals surface area contributed by atoms with Gasteiger partial charge < -0.3 is 9.84 Å². The monoisotopic (exact) mass is 422 g/mol. The van der Waals surface area contributed by atoms with Gasteiger partial charge in [-0.15, -0.1) is 0 Å². The van der Waals surface area contributed by atoms with E-state index in [1.54, 1.807) is 0 Å². The van der Waals surface area contributed by atoms with E-state index in [0.717, 1.165) is 57.8 Å². The second-order valence-corrected chi connectivity index (χ2v) is 8.16. The molecule has 4 nitrogen and oxygen atoms in total. The highest BCUT2D eigenvalue weighted by molar-refractivity contribution is 5.69. The van der Waals surface area contributed by atoms with Gasteiger partial charge in [-0.05, 0) is 57.4 Å². The number of carbonyl (C=O) groups is 2. The third-order valence-electron chi connectivity index (χ3n) is 5.09. The summed E-state index contributed by atoms with van der Waals surface area (Å²) in [6.45, 7) is 4.33. The molecule has 0 rings (SSSR count). The molecule has 0 saturated carbocycles. The third-order valence-corrected chi connectivity index (χ3v) is 5.09. The van der Waals surface area contributed by atoms with Crippen LogP contribution in [0.3, 0.4) is 0 Å². The van der Waals surface area contributed by atoms with Crippen LogP contribution in [0.4, 0.5) is 0 Å². The van der Waals surface area contributed by atoms with Gasteiger partial charge in [0.1, 0.15) is 6.10 Å². The summed E-state index contributed by atoms with van der Waals surface area (Å²) in [5, 5.41) is 8.68. The molecular weight excluding hydrogens is 376 g/mol. The van der Waals surface area contributed by atoms with Crippen LogP contribution >= 0.6 is 0 Å². The molecular formula is C26H46O4. The van der Waals surface area contributed by atoms with Crippen LogP contribution in [0.2, 0.25) is 0 Å². The van der Waals surface area contributed by atoms with Gasteiger partial charge in [0.15, 0.2) is 0 Å². The second kappa shape index (κ2) is 22.1. The first kappa shape index (κ1) is 28.4. The van der Waals surface area contributed by atoms with Gasteiger partial charge in [-0.25, -0.2) is 0 Å². The van der Waals surface area contributed by atoms with Gasteiger partial charge in [0.2, 0.25) is 0 Å². The highest BCUT2D eigenvalue weighted by atomic mass is 16.5. The Hall–Kier alpha value is -1.58. The first-order chi connectivity index (χ1) is 14.6. The molecule has 1 N–H and O–H groups in total. The molecule has 0 aromatic carbocycles. The van der Waals surface area contributed by atoms with Crippen molar-refractivity contribution in [1.82, 2.24) is 0 Å². The maximum absolute atomic E-state index is 12.2. The molecule has 0 saturated heterocycles. The van der Waals surface area contributed by atoms with Crippen molar-refractivity contribution in [2.75, 3.05) is 0 Å². The minimum absolute atomic E-state index is 0.0884. The van der Waals surface area contributed by atoms with E-state index in [2.05, 4.69) is 32.1 Å². The molecule has 0 fully saturated rings. The van der Waals surface area contributed by atoms with Crippen molar-refractivity contribution < 1.29 is 19.4 Å². The zero-order valence-corrected chi connectivity index (χ0v) is 19.6. The summed E-state index contributed by atoms with van der Waals surface area (Å²) in [5.74, 6) is -0.817. The zero-order valence-electron chi connectivity index (χ0n) is 19.6. The normalized spacial score (nSPS) is 12.6. The summed E-state index contributed by atoms with van der Waals surface area (Å²) in [5.41, 5.74) is 0. The fraction of sp³-hybridized carbons (Fsp3) is 0.769. The Morgan fingerprint density at radius 1 is 0.733 bits per heavy atom. The van der Waals surface area contributed by atoms with Crippen molar-refractivity contribution in [3.05, 3.63) is 24.3 Å². The van der Waals surface area contributed by atoms with Crippen molar-refractivity contribution in [1.29, 1.82) is 0 Å². The lowest BCUT2D eigenvalue weighted by molar-refractivity contribution is -0.147. The van der Waals surface area contributed by atoms with Crippen LogP contribution in [0.15, 0.2) is 24.3 Å². The average Bonchev–Trinajstić information content (AvgIpc) is 2.71. The Morgan fingerprint density at radius 3 is 2.00 bits per heavy atom. The maximum Gasteiger partial charge on any atom is 0.306 e. The van der Waals surface area contributed by atoms with E-state index in [1.807, 2.05) is 6.08 Å². The Balaban J connectivity index is 3.92. The number of carboxylic acids is 1. The number of rotatable bonds is 21. The highest BCUT2D eigenvalue weighted by Gasteiger charge is 2.11. The summed E-state index contributed by atoms with van der Waals surface area (Å²) in [6.07, 6.45) is 25.0. The minimum Gasteiger partial charge on any atom is -0.481 e. The Kier molecular flexibility index (Phi) is 20.9. The van der Waals surface area contributed by atoms with Crippen molar-refractivity contribution in [3.8, 4) is 0 Å². The average molecular weight is 423 g/mol. The van der Waals surface area contributed by atoms with Gasteiger partial charge in [0.25, 0.3) is 0 Å². The lowest BCUT2D eigenvalue weighted by Crippen LogP contribution is -2.16. The van der Waals surface area contributed by atoms with E-state index in [-0.39, 0.29) is 18.5 Å². The smallest absolute Gasteiger partial charge is 0.306 e. The van der Waals surface area contributed by atoms with Crippen molar-refractivity contribution in [2.45, 2.75) is 129 Å². The number of hydrogen-bond acceptors (Lipinski definition) is 3. The first-order valence-corrected chi connectivity index (χ1v) is 12.3. The molecule has 4 heteroatoms. The Labute approximate surface area is 185 Å². The number of allylic oxidation sites excluding steroid dienone is 3. The number of carboxylic acid groups (broad SMARTS) is 1. The summed E-state index contributed by atoms with van der Waals surface area (Å²) < 4.78 is 5.70. The van der Waals surface area contributed by atoms with E-state index in [0.29, 0.717) is 6.42 Å². The molecule has 1 atom stereocenters. The fourth-order valence-corrected chi connectivity index (χ4v) is 3.28. The molecule has 0 aliphatic rings. The largest absolute Gasteiger partial charge is 0.481 e. The second-order valence-electron chi connectivity index (χ2n) is 8.16. The number of esters is 1. The number of hydrogen-bond donors (Lipinski definition) is 1. The standard InChI is InChI=1S/C26H46O4/c1-3-5-7-8-9-10-11-12-13-19-23-26(29)30-24(20-16-6-4-2)21-17-14-15-18-22-25(27)28/h7-8,16,20,24H,3-6,9-15,17-19,21-23H2,1-2H3,(H,27,28)/b8-7-,20-16-. The lowest BCUT2D eigenvalue weighted by Gasteiger charge is -2.14. The summed E-state index contributed by atoms with van der Waals surface area (Å²) in [7, 11) is 0. The third kappa shape index (κ3) is 21.1. The molecule has 0 aliphatic carbocycles. The van der Waals surface area contributed by atoms with Gasteiger partial charge in [-0.3, -0.25) is 9.59 Å². The predicted octanol–water partition coefficient (Wildman–Crippen LogP) is 7.77. The van der Waals surface area contributed by atoms with Crippen molar-refractivity contribution in [3.63, 3.8) is 0 Å². The van der Waals surface area contributed by atoms with Gasteiger partial charge in [-0.1, -0.05) is 77.0 Å². The molecule has 0 spiro atoms. The Morgan fingerprint density at radius 2 is 1.30 bits per heavy atom. The Bertz CT molecular complexity index is 468. The molecule has 30 heavy (non-hydrogen) atoms. The molecule has 0 radical (unpaired) electrons. The highest BCUT2D eigenvalue weighted by Crippen LogP contribution is 2.14. The molecule has 0 aliphatic heterocycles. The molecule has 1 unspecified atom stereocenters. The molecule has 0 bridgehead atoms. The number of aliphatic carboxylic acids is 1. The van der Waals surface area contributed by atoms with Gasteiger partial charge >= 0.3 is 11.9 Å². The molecule has 174 valence electrons. The van der Waals surface area contributed by atoms with Crippen LogP contribution in [0.25, 0.3) is 0 Å². The van der Waals surface area contributed by atoms with Crippen molar-refractivity contribution in [2.24, 2.45) is 0 Å². The van der Waals surface area contributed by atoms with Crippen LogP contribution < -0.4 is 0 Å². The summed E-state index contributed by atoms with van der Waals surface area (Å²) >= 11 is 0. The number of unbranched alkanes of at least 4 members (excludes halogenated alkanes) is 10. The van der Waals surface area contributed by atoms with Gasteiger partial charge in [0, 0.05) is 12.8 Å². The molecule has 0 aromatic heterocycles. The number of carbonyl (C=O) groups excluding carboxylic acids is 1. The van der Waals surface area contributed by atoms with E-state index >= 15 is 0 Å².